The van der Waals surface area contributed by atoms with Crippen molar-refractivity contribution in [1.29, 1.82) is 0 Å². The van der Waals surface area contributed by atoms with E-state index >= 15 is 0 Å². The fourth-order valence-electron chi connectivity index (χ4n) is 2.98. The molecule has 0 bridgehead atoms. The summed E-state index contributed by atoms with van der Waals surface area (Å²) in [6.45, 7) is 4.57. The van der Waals surface area contributed by atoms with Gasteiger partial charge >= 0.3 is 0 Å². The van der Waals surface area contributed by atoms with Crippen molar-refractivity contribution in [2.45, 2.75) is 45.1 Å². The number of aliphatic hydroxyl groups is 1. The lowest BCUT2D eigenvalue weighted by atomic mass is 9.69. The van der Waals surface area contributed by atoms with Crippen molar-refractivity contribution in [2.75, 3.05) is 0 Å². The van der Waals surface area contributed by atoms with E-state index in [0.717, 1.165) is 42.1 Å². The largest absolute Gasteiger partial charge is 0.385 e. The average Bonchev–Trinajstić information content (AvgIpc) is 2.42. The van der Waals surface area contributed by atoms with Crippen LogP contribution < -0.4 is 0 Å². The molecule has 1 aliphatic rings. The van der Waals surface area contributed by atoms with Gasteiger partial charge in [-0.15, -0.1) is 0 Å². The summed E-state index contributed by atoms with van der Waals surface area (Å²) >= 11 is 0. The van der Waals surface area contributed by atoms with E-state index in [1.807, 2.05) is 12.1 Å². The Kier molecular flexibility index (Phi) is 2.86. The first-order chi connectivity index (χ1) is 8.99. The van der Waals surface area contributed by atoms with E-state index in [4.69, 9.17) is 0 Å². The molecule has 2 aromatic rings. The molecule has 1 fully saturated rings. The van der Waals surface area contributed by atoms with Gasteiger partial charge in [-0.25, -0.2) is 0 Å². The molecule has 2 nitrogen and oxygen atoms in total. The van der Waals surface area contributed by atoms with Crippen molar-refractivity contribution in [3.05, 3.63) is 42.1 Å². The lowest BCUT2D eigenvalue weighted by Crippen LogP contribution is -2.34. The van der Waals surface area contributed by atoms with Crippen LogP contribution in [0.5, 0.6) is 0 Å². The van der Waals surface area contributed by atoms with Gasteiger partial charge in [-0.2, -0.15) is 0 Å². The molecular formula is C17H21NO. The lowest BCUT2D eigenvalue weighted by molar-refractivity contribution is -0.0304. The number of hydrogen-bond donors (Lipinski definition) is 1. The molecule has 1 aliphatic carbocycles. The third-order valence-electron chi connectivity index (χ3n) is 4.57. The van der Waals surface area contributed by atoms with E-state index in [9.17, 15) is 5.11 Å². The summed E-state index contributed by atoms with van der Waals surface area (Å²) < 4.78 is 0. The minimum Gasteiger partial charge on any atom is -0.385 e. The number of aromatic nitrogens is 1. The Labute approximate surface area is 114 Å². The summed E-state index contributed by atoms with van der Waals surface area (Å²) in [5.74, 6) is 0. The molecule has 1 aromatic heterocycles. The first kappa shape index (κ1) is 12.6. The Morgan fingerprint density at radius 1 is 1.05 bits per heavy atom. The van der Waals surface area contributed by atoms with Crippen molar-refractivity contribution in [3.63, 3.8) is 0 Å². The minimum absolute atomic E-state index is 0.362. The lowest BCUT2D eigenvalue weighted by Gasteiger charge is -2.40. The average molecular weight is 255 g/mol. The highest BCUT2D eigenvalue weighted by Crippen LogP contribution is 2.45. The Balaban J connectivity index is 1.95. The summed E-state index contributed by atoms with van der Waals surface area (Å²) in [7, 11) is 0. The molecule has 0 radical (unpaired) electrons. The van der Waals surface area contributed by atoms with Crippen LogP contribution in [0.3, 0.4) is 0 Å². The molecule has 0 saturated heterocycles. The zero-order valence-electron chi connectivity index (χ0n) is 11.7. The van der Waals surface area contributed by atoms with E-state index in [2.05, 4.69) is 37.0 Å². The molecule has 3 rings (SSSR count). The summed E-state index contributed by atoms with van der Waals surface area (Å²) in [4.78, 5) is 4.39. The van der Waals surface area contributed by atoms with E-state index in [1.165, 1.54) is 0 Å². The Morgan fingerprint density at radius 3 is 2.53 bits per heavy atom. The van der Waals surface area contributed by atoms with Crippen LogP contribution in [-0.2, 0) is 5.60 Å². The maximum absolute atomic E-state index is 10.9. The topological polar surface area (TPSA) is 33.1 Å². The number of pyridine rings is 1. The quantitative estimate of drug-likeness (QED) is 0.834. The van der Waals surface area contributed by atoms with Crippen LogP contribution in [0.25, 0.3) is 10.9 Å². The van der Waals surface area contributed by atoms with Crippen LogP contribution in [0.15, 0.2) is 36.5 Å². The number of rotatable bonds is 1. The van der Waals surface area contributed by atoms with Gasteiger partial charge in [0.25, 0.3) is 0 Å². The molecule has 1 aromatic carbocycles. The maximum Gasteiger partial charge on any atom is 0.0897 e. The van der Waals surface area contributed by atoms with Crippen molar-refractivity contribution in [1.82, 2.24) is 4.98 Å². The van der Waals surface area contributed by atoms with Gasteiger partial charge < -0.3 is 5.11 Å². The standard InChI is InChI=1S/C17H21NO/c1-16(2)7-9-17(19,10-8-16)14-6-5-13-4-3-11-18-15(13)12-14/h3-6,11-12,19H,7-10H2,1-2H3. The molecule has 19 heavy (non-hydrogen) atoms. The highest BCUT2D eigenvalue weighted by atomic mass is 16.3. The maximum atomic E-state index is 10.9. The summed E-state index contributed by atoms with van der Waals surface area (Å²) in [5, 5.41) is 12.0. The van der Waals surface area contributed by atoms with Gasteiger partial charge in [0, 0.05) is 11.6 Å². The molecule has 100 valence electrons. The molecule has 1 saturated carbocycles. The summed E-state index contributed by atoms with van der Waals surface area (Å²) in [6.07, 6.45) is 5.64. The summed E-state index contributed by atoms with van der Waals surface area (Å²) in [5.41, 5.74) is 1.69. The molecule has 0 atom stereocenters. The van der Waals surface area contributed by atoms with Crippen molar-refractivity contribution in [3.8, 4) is 0 Å². The van der Waals surface area contributed by atoms with Crippen molar-refractivity contribution >= 4 is 10.9 Å². The van der Waals surface area contributed by atoms with Crippen LogP contribution in [0, 0.1) is 5.41 Å². The van der Waals surface area contributed by atoms with Crippen molar-refractivity contribution < 1.29 is 5.11 Å². The van der Waals surface area contributed by atoms with Crippen LogP contribution >= 0.6 is 0 Å². The smallest absolute Gasteiger partial charge is 0.0897 e. The molecule has 0 aliphatic heterocycles. The fourth-order valence-corrected chi connectivity index (χ4v) is 2.98. The highest BCUT2D eigenvalue weighted by Gasteiger charge is 2.37. The Morgan fingerprint density at radius 2 is 1.79 bits per heavy atom. The number of nitrogens with zero attached hydrogens (tertiary/aromatic N) is 1. The van der Waals surface area contributed by atoms with E-state index in [1.54, 1.807) is 6.20 Å². The van der Waals surface area contributed by atoms with E-state index < -0.39 is 5.60 Å². The molecule has 2 heteroatoms. The van der Waals surface area contributed by atoms with Crippen LogP contribution in [-0.4, -0.2) is 10.1 Å². The van der Waals surface area contributed by atoms with Gasteiger partial charge in [0.1, 0.15) is 0 Å². The van der Waals surface area contributed by atoms with Gasteiger partial charge in [0.15, 0.2) is 0 Å². The number of fused-ring (bicyclic) bond motifs is 1. The molecule has 0 spiro atoms. The van der Waals surface area contributed by atoms with Gasteiger partial charge in [0.2, 0.25) is 0 Å². The first-order valence-corrected chi connectivity index (χ1v) is 7.06. The molecule has 1 N–H and O–H groups in total. The predicted molar refractivity (Wildman–Crippen MR) is 77.9 cm³/mol. The van der Waals surface area contributed by atoms with Gasteiger partial charge in [0.05, 0.1) is 11.1 Å². The monoisotopic (exact) mass is 255 g/mol. The Hall–Kier alpha value is -1.41. The second-order valence-electron chi connectivity index (χ2n) is 6.61. The molecule has 0 unspecified atom stereocenters. The fraction of sp³-hybridized carbons (Fsp3) is 0.471. The highest BCUT2D eigenvalue weighted by molar-refractivity contribution is 5.79. The minimum atomic E-state index is -0.665. The van der Waals surface area contributed by atoms with Crippen LogP contribution in [0.2, 0.25) is 0 Å². The molecule has 1 heterocycles. The van der Waals surface area contributed by atoms with Gasteiger partial charge in [-0.3, -0.25) is 4.98 Å². The normalized spacial score (nSPS) is 21.4. The summed E-state index contributed by atoms with van der Waals surface area (Å²) in [6, 6.07) is 10.2. The van der Waals surface area contributed by atoms with Gasteiger partial charge in [-0.05, 0) is 48.8 Å². The number of benzene rings is 1. The first-order valence-electron chi connectivity index (χ1n) is 7.06. The predicted octanol–water partition coefficient (Wildman–Crippen LogP) is 4.02. The van der Waals surface area contributed by atoms with Crippen LogP contribution in [0.4, 0.5) is 0 Å². The van der Waals surface area contributed by atoms with E-state index in [-0.39, 0.29) is 0 Å². The van der Waals surface area contributed by atoms with Crippen LogP contribution in [0.1, 0.15) is 45.1 Å². The number of hydrogen-bond acceptors (Lipinski definition) is 2. The molecular weight excluding hydrogens is 234 g/mol. The molecule has 0 amide bonds. The Bertz CT molecular complexity index is 593. The second kappa shape index (κ2) is 4.31. The zero-order valence-corrected chi connectivity index (χ0v) is 11.7. The third kappa shape index (κ3) is 2.37. The zero-order chi connectivity index (χ0) is 13.5. The van der Waals surface area contributed by atoms with Gasteiger partial charge in [-0.1, -0.05) is 32.0 Å². The van der Waals surface area contributed by atoms with Crippen molar-refractivity contribution in [2.24, 2.45) is 5.41 Å². The third-order valence-corrected chi connectivity index (χ3v) is 4.57. The second-order valence-corrected chi connectivity index (χ2v) is 6.61. The SMILES string of the molecule is CC1(C)CCC(O)(c2ccc3cccnc3c2)CC1. The van der Waals surface area contributed by atoms with E-state index in [0.29, 0.717) is 5.41 Å².